The van der Waals surface area contributed by atoms with E-state index in [9.17, 15) is 13.2 Å². The van der Waals surface area contributed by atoms with Crippen LogP contribution in [0.25, 0.3) is 0 Å². The first-order valence-electron chi connectivity index (χ1n) is 8.03. The third kappa shape index (κ3) is 3.44. The number of carbonyl (C=O) groups is 1. The molecule has 22 heavy (non-hydrogen) atoms. The molecule has 2 bridgehead atoms. The summed E-state index contributed by atoms with van der Waals surface area (Å²) < 4.78 is 23.2. The Hall–Kier alpha value is -0.330. The van der Waals surface area contributed by atoms with Crippen molar-refractivity contribution >= 4 is 28.2 Å². The number of piperidine rings is 1. The molecule has 3 rings (SSSR count). The van der Waals surface area contributed by atoms with Gasteiger partial charge < -0.3 is 10.2 Å². The largest absolute Gasteiger partial charge is 0.340 e. The van der Waals surface area contributed by atoms with Crippen molar-refractivity contribution < 1.29 is 13.2 Å². The first kappa shape index (κ1) is 18.0. The minimum absolute atomic E-state index is 0. The number of fused-ring (bicyclic) bond motifs is 2. The van der Waals surface area contributed by atoms with Crippen molar-refractivity contribution in [1.29, 1.82) is 0 Å². The molecule has 2 atom stereocenters. The highest BCUT2D eigenvalue weighted by Gasteiger charge is 2.42. The number of hydrogen-bond acceptors (Lipinski definition) is 4. The smallest absolute Gasteiger partial charge is 0.222 e. The molecule has 3 saturated heterocycles. The van der Waals surface area contributed by atoms with Gasteiger partial charge in [-0.25, -0.2) is 8.42 Å². The first-order valence-corrected chi connectivity index (χ1v) is 9.68. The lowest BCUT2D eigenvalue weighted by Gasteiger charge is -2.38. The highest BCUT2D eigenvalue weighted by molar-refractivity contribution is 7.92. The maximum absolute atomic E-state index is 12.5. The molecule has 3 aliphatic rings. The second-order valence-electron chi connectivity index (χ2n) is 7.57. The fourth-order valence-corrected chi connectivity index (χ4v) is 5.44. The van der Waals surface area contributed by atoms with Crippen LogP contribution >= 0.6 is 12.4 Å². The molecule has 3 fully saturated rings. The number of sulfone groups is 1. The number of nitrogens with one attached hydrogen (secondary N) is 1. The standard InChI is InChI=1S/C15H26N2O3S.ClH/c1-15(2)10-17(5-6-21(15,19)20)14(18)9-11-7-12-3-4-13(8-11)16-12;/h11-13,16H,3-10H2,1-2H3;1H. The van der Waals surface area contributed by atoms with Gasteiger partial charge in [0.1, 0.15) is 0 Å². The Balaban J connectivity index is 0.00000176. The van der Waals surface area contributed by atoms with Gasteiger partial charge in [-0.3, -0.25) is 4.79 Å². The molecule has 3 aliphatic heterocycles. The number of halogens is 1. The molecular weight excluding hydrogens is 324 g/mol. The summed E-state index contributed by atoms with van der Waals surface area (Å²) in [6.07, 6.45) is 5.26. The summed E-state index contributed by atoms with van der Waals surface area (Å²) in [5.41, 5.74) is 0. The van der Waals surface area contributed by atoms with Gasteiger partial charge in [0.2, 0.25) is 5.91 Å². The van der Waals surface area contributed by atoms with Crippen LogP contribution in [0.5, 0.6) is 0 Å². The lowest BCUT2D eigenvalue weighted by atomic mass is 9.89. The van der Waals surface area contributed by atoms with Crippen LogP contribution in [0.15, 0.2) is 0 Å². The van der Waals surface area contributed by atoms with Crippen LogP contribution in [0.2, 0.25) is 0 Å². The normalized spacial score (nSPS) is 35.7. The van der Waals surface area contributed by atoms with Crippen LogP contribution in [-0.2, 0) is 14.6 Å². The van der Waals surface area contributed by atoms with E-state index >= 15 is 0 Å². The van der Waals surface area contributed by atoms with Gasteiger partial charge in [-0.2, -0.15) is 0 Å². The molecule has 0 aromatic carbocycles. The van der Waals surface area contributed by atoms with E-state index in [2.05, 4.69) is 5.32 Å². The van der Waals surface area contributed by atoms with Gasteiger partial charge in [0, 0.05) is 31.6 Å². The predicted octanol–water partition coefficient (Wildman–Crippen LogP) is 1.36. The van der Waals surface area contributed by atoms with Crippen LogP contribution < -0.4 is 5.32 Å². The van der Waals surface area contributed by atoms with E-state index in [-0.39, 0.29) is 24.1 Å². The van der Waals surface area contributed by atoms with Crippen molar-refractivity contribution in [2.45, 2.75) is 62.8 Å². The highest BCUT2D eigenvalue weighted by atomic mass is 35.5. The monoisotopic (exact) mass is 350 g/mol. The van der Waals surface area contributed by atoms with Crippen molar-refractivity contribution in [2.24, 2.45) is 5.92 Å². The third-order valence-electron chi connectivity index (χ3n) is 5.43. The number of rotatable bonds is 2. The van der Waals surface area contributed by atoms with Crippen LogP contribution in [0.1, 0.15) is 46.0 Å². The minimum Gasteiger partial charge on any atom is -0.340 e. The molecule has 5 nitrogen and oxygen atoms in total. The molecule has 0 aromatic heterocycles. The van der Waals surface area contributed by atoms with E-state index in [1.165, 1.54) is 12.8 Å². The molecule has 3 heterocycles. The summed E-state index contributed by atoms with van der Waals surface area (Å²) in [6.45, 7) is 4.16. The Morgan fingerprint density at radius 3 is 2.36 bits per heavy atom. The summed E-state index contributed by atoms with van der Waals surface area (Å²) in [4.78, 5) is 14.3. The van der Waals surface area contributed by atoms with Gasteiger partial charge in [-0.05, 0) is 45.4 Å². The van der Waals surface area contributed by atoms with Crippen LogP contribution in [0, 0.1) is 5.92 Å². The fourth-order valence-electron chi connectivity index (χ4n) is 4.07. The molecule has 0 spiro atoms. The van der Waals surface area contributed by atoms with E-state index in [1.54, 1.807) is 18.7 Å². The summed E-state index contributed by atoms with van der Waals surface area (Å²) >= 11 is 0. The average molecular weight is 351 g/mol. The average Bonchev–Trinajstić information content (AvgIpc) is 2.72. The second kappa shape index (κ2) is 6.29. The SMILES string of the molecule is CC1(C)CN(C(=O)CC2CC3CCC(C2)N3)CCS1(=O)=O.Cl. The first-order chi connectivity index (χ1) is 9.77. The Morgan fingerprint density at radius 1 is 1.23 bits per heavy atom. The third-order valence-corrected chi connectivity index (χ3v) is 7.96. The summed E-state index contributed by atoms with van der Waals surface area (Å²) in [6, 6.07) is 1.19. The molecular formula is C15H27ClN2O3S. The molecule has 0 radical (unpaired) electrons. The molecule has 1 amide bonds. The Kier molecular flexibility index (Phi) is 5.15. The van der Waals surface area contributed by atoms with Gasteiger partial charge >= 0.3 is 0 Å². The number of carbonyl (C=O) groups excluding carboxylic acids is 1. The zero-order chi connectivity index (χ0) is 15.3. The molecule has 0 saturated carbocycles. The van der Waals surface area contributed by atoms with E-state index in [0.29, 0.717) is 37.5 Å². The maximum atomic E-state index is 12.5. The van der Waals surface area contributed by atoms with Crippen molar-refractivity contribution in [3.05, 3.63) is 0 Å². The van der Waals surface area contributed by atoms with Gasteiger partial charge in [-0.1, -0.05) is 0 Å². The van der Waals surface area contributed by atoms with Crippen LogP contribution in [0.4, 0.5) is 0 Å². The molecule has 2 unspecified atom stereocenters. The van der Waals surface area contributed by atoms with Crippen LogP contribution in [0.3, 0.4) is 0 Å². The molecule has 1 N–H and O–H groups in total. The van der Waals surface area contributed by atoms with Crippen molar-refractivity contribution in [1.82, 2.24) is 10.2 Å². The second-order valence-corrected chi connectivity index (χ2v) is 10.3. The molecule has 128 valence electrons. The zero-order valence-corrected chi connectivity index (χ0v) is 15.0. The number of amides is 1. The summed E-state index contributed by atoms with van der Waals surface area (Å²) in [7, 11) is -3.07. The number of nitrogens with zero attached hydrogens (tertiary/aromatic N) is 1. The highest BCUT2D eigenvalue weighted by Crippen LogP contribution is 2.33. The van der Waals surface area contributed by atoms with Gasteiger partial charge in [0.15, 0.2) is 9.84 Å². The van der Waals surface area contributed by atoms with Crippen molar-refractivity contribution in [2.75, 3.05) is 18.8 Å². The fraction of sp³-hybridized carbons (Fsp3) is 0.933. The van der Waals surface area contributed by atoms with E-state index in [1.807, 2.05) is 0 Å². The molecule has 0 aromatic rings. The Bertz CT molecular complexity index is 523. The van der Waals surface area contributed by atoms with Gasteiger partial charge in [0.25, 0.3) is 0 Å². The lowest BCUT2D eigenvalue weighted by Crippen LogP contribution is -2.55. The van der Waals surface area contributed by atoms with Crippen molar-refractivity contribution in [3.8, 4) is 0 Å². The zero-order valence-electron chi connectivity index (χ0n) is 13.4. The maximum Gasteiger partial charge on any atom is 0.222 e. The van der Waals surface area contributed by atoms with E-state index in [4.69, 9.17) is 0 Å². The predicted molar refractivity (Wildman–Crippen MR) is 89.0 cm³/mol. The number of hydrogen-bond donors (Lipinski definition) is 1. The van der Waals surface area contributed by atoms with Crippen molar-refractivity contribution in [3.63, 3.8) is 0 Å². The molecule has 0 aliphatic carbocycles. The summed E-state index contributed by atoms with van der Waals surface area (Å²) in [5, 5.41) is 3.59. The van der Waals surface area contributed by atoms with Crippen LogP contribution in [-0.4, -0.2) is 54.9 Å². The van der Waals surface area contributed by atoms with E-state index < -0.39 is 14.6 Å². The Labute approximate surface area is 139 Å². The molecule has 7 heteroatoms. The minimum atomic E-state index is -3.07. The topological polar surface area (TPSA) is 66.5 Å². The quantitative estimate of drug-likeness (QED) is 0.816. The van der Waals surface area contributed by atoms with Gasteiger partial charge in [0.05, 0.1) is 10.5 Å². The summed E-state index contributed by atoms with van der Waals surface area (Å²) in [5.74, 6) is 0.714. The van der Waals surface area contributed by atoms with Gasteiger partial charge in [-0.15, -0.1) is 12.4 Å². The Morgan fingerprint density at radius 2 is 1.82 bits per heavy atom. The van der Waals surface area contributed by atoms with E-state index in [0.717, 1.165) is 12.8 Å². The lowest BCUT2D eigenvalue weighted by molar-refractivity contribution is -0.132.